The van der Waals surface area contributed by atoms with E-state index < -0.39 is 10.0 Å². The van der Waals surface area contributed by atoms with Crippen molar-refractivity contribution in [1.29, 1.82) is 0 Å². The molecule has 3 rings (SSSR count). The van der Waals surface area contributed by atoms with E-state index in [9.17, 15) is 13.2 Å². The van der Waals surface area contributed by atoms with Crippen LogP contribution in [-0.4, -0.2) is 26.7 Å². The first-order valence-electron chi connectivity index (χ1n) is 10.0. The number of nitrogens with one attached hydrogen (secondary N) is 2. The van der Waals surface area contributed by atoms with E-state index in [-0.39, 0.29) is 16.1 Å². The zero-order valence-corrected chi connectivity index (χ0v) is 20.0. The molecule has 2 N–H and O–H groups in total. The van der Waals surface area contributed by atoms with Gasteiger partial charge in [0, 0.05) is 10.6 Å². The van der Waals surface area contributed by atoms with Gasteiger partial charge in [0.25, 0.3) is 10.0 Å². The van der Waals surface area contributed by atoms with Crippen molar-refractivity contribution in [2.45, 2.75) is 35.8 Å². The second-order valence-corrected chi connectivity index (χ2v) is 10.4. The molecule has 6 nitrogen and oxygen atoms in total. The van der Waals surface area contributed by atoms with Gasteiger partial charge >= 0.3 is 0 Å². The molecule has 0 bridgehead atoms. The summed E-state index contributed by atoms with van der Waals surface area (Å²) in [5, 5.41) is 2.50. The van der Waals surface area contributed by atoms with Crippen molar-refractivity contribution < 1.29 is 17.9 Å². The van der Waals surface area contributed by atoms with E-state index in [2.05, 4.69) is 10.0 Å². The molecule has 0 spiro atoms. The number of carbonyl (C=O) groups excluding carboxylic acids is 1. The Morgan fingerprint density at radius 2 is 1.53 bits per heavy atom. The summed E-state index contributed by atoms with van der Waals surface area (Å²) in [5.74, 6) is 0.587. The van der Waals surface area contributed by atoms with Crippen LogP contribution < -0.4 is 14.8 Å². The number of carbonyl (C=O) groups is 1. The van der Waals surface area contributed by atoms with Gasteiger partial charge in [-0.05, 0) is 80.4 Å². The topological polar surface area (TPSA) is 84.5 Å². The summed E-state index contributed by atoms with van der Waals surface area (Å²) in [6, 6.07) is 19.2. The second kappa shape index (κ2) is 10.1. The zero-order chi connectivity index (χ0) is 23.3. The standard InChI is InChI=1S/C24H26N2O4S2/c1-16-6-5-7-17(2)23(16)26-32(28,29)22-14-8-19(9-15-22)25-24(27)18(3)31-21-12-10-20(30-4)11-13-21/h5-15,18,26H,1-4H3,(H,25,27). The molecular weight excluding hydrogens is 444 g/mol. The molecule has 1 atom stereocenters. The maximum Gasteiger partial charge on any atom is 0.261 e. The molecule has 0 saturated heterocycles. The minimum atomic E-state index is -3.74. The number of para-hydroxylation sites is 1. The third-order valence-corrected chi connectivity index (χ3v) is 7.37. The van der Waals surface area contributed by atoms with Gasteiger partial charge in [0.15, 0.2) is 0 Å². The highest BCUT2D eigenvalue weighted by molar-refractivity contribution is 8.00. The van der Waals surface area contributed by atoms with Crippen molar-refractivity contribution >= 4 is 39.1 Å². The molecule has 1 unspecified atom stereocenters. The number of methoxy groups -OCH3 is 1. The Morgan fingerprint density at radius 1 is 0.938 bits per heavy atom. The number of sulfonamides is 1. The van der Waals surface area contributed by atoms with Gasteiger partial charge < -0.3 is 10.1 Å². The van der Waals surface area contributed by atoms with Crippen LogP contribution in [0.25, 0.3) is 0 Å². The van der Waals surface area contributed by atoms with Gasteiger partial charge in [-0.2, -0.15) is 0 Å². The van der Waals surface area contributed by atoms with Crippen LogP contribution in [-0.2, 0) is 14.8 Å². The average Bonchev–Trinajstić information content (AvgIpc) is 2.77. The van der Waals surface area contributed by atoms with E-state index >= 15 is 0 Å². The van der Waals surface area contributed by atoms with E-state index in [1.165, 1.54) is 23.9 Å². The molecule has 8 heteroatoms. The second-order valence-electron chi connectivity index (χ2n) is 7.32. The summed E-state index contributed by atoms with van der Waals surface area (Å²) in [4.78, 5) is 13.6. The molecule has 168 valence electrons. The molecule has 3 aromatic carbocycles. The van der Waals surface area contributed by atoms with Gasteiger partial charge in [-0.3, -0.25) is 9.52 Å². The molecule has 0 aliphatic rings. The van der Waals surface area contributed by atoms with Crippen molar-refractivity contribution in [1.82, 2.24) is 0 Å². The Hall–Kier alpha value is -2.97. The maximum absolute atomic E-state index is 12.8. The molecule has 0 aliphatic carbocycles. The maximum atomic E-state index is 12.8. The summed E-state index contributed by atoms with van der Waals surface area (Å²) >= 11 is 1.43. The Kier molecular flexibility index (Phi) is 7.48. The number of benzene rings is 3. The van der Waals surface area contributed by atoms with Crippen LogP contribution in [0, 0.1) is 13.8 Å². The minimum absolute atomic E-state index is 0.124. The molecule has 0 aromatic heterocycles. The Labute approximate surface area is 193 Å². The SMILES string of the molecule is COc1ccc(SC(C)C(=O)Nc2ccc(S(=O)(=O)Nc3c(C)cccc3C)cc2)cc1. The fraction of sp³-hybridized carbons (Fsp3) is 0.208. The predicted molar refractivity (Wildman–Crippen MR) is 130 cm³/mol. The lowest BCUT2D eigenvalue weighted by molar-refractivity contribution is -0.115. The van der Waals surface area contributed by atoms with Crippen molar-refractivity contribution in [3.05, 3.63) is 77.9 Å². The number of ether oxygens (including phenoxy) is 1. The normalized spacial score (nSPS) is 12.1. The molecule has 0 heterocycles. The van der Waals surface area contributed by atoms with Gasteiger partial charge in [-0.25, -0.2) is 8.42 Å². The van der Waals surface area contributed by atoms with Crippen LogP contribution in [0.2, 0.25) is 0 Å². The summed E-state index contributed by atoms with van der Waals surface area (Å²) in [6.07, 6.45) is 0. The van der Waals surface area contributed by atoms with Gasteiger partial charge in [0.2, 0.25) is 5.91 Å². The average molecular weight is 471 g/mol. The fourth-order valence-corrected chi connectivity index (χ4v) is 5.11. The van der Waals surface area contributed by atoms with Crippen LogP contribution >= 0.6 is 11.8 Å². The largest absolute Gasteiger partial charge is 0.497 e. The number of hydrogen-bond donors (Lipinski definition) is 2. The van der Waals surface area contributed by atoms with E-state index in [1.807, 2.05) is 63.2 Å². The van der Waals surface area contributed by atoms with Gasteiger partial charge in [-0.15, -0.1) is 11.8 Å². The van der Waals surface area contributed by atoms with Crippen LogP contribution in [0.1, 0.15) is 18.1 Å². The summed E-state index contributed by atoms with van der Waals surface area (Å²) in [5.41, 5.74) is 2.80. The van der Waals surface area contributed by atoms with Gasteiger partial charge in [0.05, 0.1) is 22.9 Å². The first-order valence-corrected chi connectivity index (χ1v) is 12.4. The van der Waals surface area contributed by atoms with Crippen molar-refractivity contribution in [2.24, 2.45) is 0 Å². The number of anilines is 2. The van der Waals surface area contributed by atoms with E-state index in [1.54, 1.807) is 19.2 Å². The highest BCUT2D eigenvalue weighted by Crippen LogP contribution is 2.27. The molecule has 3 aromatic rings. The highest BCUT2D eigenvalue weighted by Gasteiger charge is 2.18. The fourth-order valence-electron chi connectivity index (χ4n) is 3.04. The molecule has 0 saturated carbocycles. The van der Waals surface area contributed by atoms with Crippen LogP contribution in [0.4, 0.5) is 11.4 Å². The van der Waals surface area contributed by atoms with Crippen LogP contribution in [0.15, 0.2) is 76.5 Å². The Morgan fingerprint density at radius 3 is 2.09 bits per heavy atom. The lowest BCUT2D eigenvalue weighted by Crippen LogP contribution is -2.22. The third kappa shape index (κ3) is 5.83. The van der Waals surface area contributed by atoms with Crippen molar-refractivity contribution in [3.8, 4) is 5.75 Å². The van der Waals surface area contributed by atoms with Gasteiger partial charge in [-0.1, -0.05) is 18.2 Å². The number of amides is 1. The first kappa shape index (κ1) is 23.7. The van der Waals surface area contributed by atoms with E-state index in [0.717, 1.165) is 21.8 Å². The first-order chi connectivity index (χ1) is 15.2. The van der Waals surface area contributed by atoms with E-state index in [4.69, 9.17) is 4.74 Å². The van der Waals surface area contributed by atoms with Crippen LogP contribution in [0.3, 0.4) is 0 Å². The molecule has 0 fully saturated rings. The van der Waals surface area contributed by atoms with E-state index in [0.29, 0.717) is 11.4 Å². The lowest BCUT2D eigenvalue weighted by Gasteiger charge is -2.14. The highest BCUT2D eigenvalue weighted by atomic mass is 32.2. The molecular formula is C24H26N2O4S2. The Bertz CT molecular complexity index is 1170. The molecule has 0 radical (unpaired) electrons. The zero-order valence-electron chi connectivity index (χ0n) is 18.4. The monoisotopic (exact) mass is 470 g/mol. The van der Waals surface area contributed by atoms with Gasteiger partial charge in [0.1, 0.15) is 5.75 Å². The van der Waals surface area contributed by atoms with Crippen molar-refractivity contribution in [3.63, 3.8) is 0 Å². The number of rotatable bonds is 8. The minimum Gasteiger partial charge on any atom is -0.497 e. The number of hydrogen-bond acceptors (Lipinski definition) is 5. The number of aryl methyl sites for hydroxylation is 2. The van der Waals surface area contributed by atoms with Crippen molar-refractivity contribution in [2.75, 3.05) is 17.1 Å². The smallest absolute Gasteiger partial charge is 0.261 e. The lowest BCUT2D eigenvalue weighted by atomic mass is 10.1. The third-order valence-electron chi connectivity index (χ3n) is 4.89. The van der Waals surface area contributed by atoms with Crippen LogP contribution in [0.5, 0.6) is 5.75 Å². The summed E-state index contributed by atoms with van der Waals surface area (Å²) in [6.45, 7) is 5.53. The molecule has 0 aliphatic heterocycles. The predicted octanol–water partition coefficient (Wildman–Crippen LogP) is 5.23. The Balaban J connectivity index is 1.64. The quantitative estimate of drug-likeness (QED) is 0.440. The summed E-state index contributed by atoms with van der Waals surface area (Å²) < 4.78 is 33.4. The summed E-state index contributed by atoms with van der Waals surface area (Å²) in [7, 11) is -2.14. The molecule has 1 amide bonds. The molecule has 32 heavy (non-hydrogen) atoms. The number of thioether (sulfide) groups is 1.